The summed E-state index contributed by atoms with van der Waals surface area (Å²) in [7, 11) is 1.87. The molecule has 2 rings (SSSR count). The Labute approximate surface area is 71.0 Å². The molecule has 0 spiro atoms. The van der Waals surface area contributed by atoms with Crippen molar-refractivity contribution in [2.75, 3.05) is 31.2 Å². The highest BCUT2D eigenvalue weighted by Gasteiger charge is 2.13. The lowest BCUT2D eigenvalue weighted by Crippen LogP contribution is -2.36. The maximum absolute atomic E-state index is 5.22. The van der Waals surface area contributed by atoms with Crippen LogP contribution in [-0.4, -0.2) is 41.1 Å². The third kappa shape index (κ3) is 1.40. The zero-order valence-electron chi connectivity index (χ0n) is 7.10. The molecule has 0 unspecified atom stereocenters. The van der Waals surface area contributed by atoms with Gasteiger partial charge in [0, 0.05) is 20.1 Å². The number of aryl methyl sites for hydroxylation is 1. The number of nitrogens with zero attached hydrogens (tertiary/aromatic N) is 4. The molecule has 0 aromatic carbocycles. The Balaban J connectivity index is 2.08. The Hall–Kier alpha value is -1.10. The lowest BCUT2D eigenvalue weighted by Gasteiger charge is -2.25. The maximum atomic E-state index is 5.22. The molecule has 1 saturated heterocycles. The molecule has 12 heavy (non-hydrogen) atoms. The van der Waals surface area contributed by atoms with Crippen LogP contribution in [-0.2, 0) is 11.8 Å². The number of anilines is 1. The van der Waals surface area contributed by atoms with Gasteiger partial charge in [-0.1, -0.05) is 0 Å². The molecule has 0 atom stereocenters. The second-order valence-corrected chi connectivity index (χ2v) is 2.82. The van der Waals surface area contributed by atoms with Crippen LogP contribution in [0.5, 0.6) is 0 Å². The summed E-state index contributed by atoms with van der Waals surface area (Å²) in [5.74, 6) is 0.806. The molecule has 0 radical (unpaired) electrons. The van der Waals surface area contributed by atoms with Crippen molar-refractivity contribution in [2.45, 2.75) is 0 Å². The zero-order chi connectivity index (χ0) is 8.39. The first-order valence-electron chi connectivity index (χ1n) is 4.04. The summed E-state index contributed by atoms with van der Waals surface area (Å²) in [4.78, 5) is 6.29. The van der Waals surface area contributed by atoms with Crippen LogP contribution in [0.25, 0.3) is 0 Å². The molecule has 1 aliphatic rings. The van der Waals surface area contributed by atoms with Crippen molar-refractivity contribution in [3.63, 3.8) is 0 Å². The van der Waals surface area contributed by atoms with Gasteiger partial charge < -0.3 is 9.64 Å². The Morgan fingerprint density at radius 3 is 2.75 bits per heavy atom. The third-order valence-electron chi connectivity index (χ3n) is 1.88. The molecular weight excluding hydrogens is 156 g/mol. The molecule has 1 aromatic heterocycles. The van der Waals surface area contributed by atoms with Crippen LogP contribution in [0.15, 0.2) is 6.33 Å². The summed E-state index contributed by atoms with van der Waals surface area (Å²) < 4.78 is 6.94. The standard InChI is InChI=1S/C7H12N4O/c1-10-6-8-7(9-10)11-2-4-12-5-3-11/h6H,2-5H2,1H3. The second kappa shape index (κ2) is 3.10. The highest BCUT2D eigenvalue weighted by Crippen LogP contribution is 2.07. The van der Waals surface area contributed by atoms with Gasteiger partial charge in [0.1, 0.15) is 6.33 Å². The van der Waals surface area contributed by atoms with Crippen LogP contribution in [0.1, 0.15) is 0 Å². The van der Waals surface area contributed by atoms with Gasteiger partial charge in [-0.25, -0.2) is 4.98 Å². The Kier molecular flexibility index (Phi) is 1.95. The first-order chi connectivity index (χ1) is 5.86. The molecule has 1 fully saturated rings. The van der Waals surface area contributed by atoms with Gasteiger partial charge in [-0.05, 0) is 0 Å². The summed E-state index contributed by atoms with van der Waals surface area (Å²) in [6.07, 6.45) is 1.71. The van der Waals surface area contributed by atoms with Crippen LogP contribution >= 0.6 is 0 Å². The van der Waals surface area contributed by atoms with Gasteiger partial charge in [0.2, 0.25) is 5.95 Å². The van der Waals surface area contributed by atoms with E-state index in [9.17, 15) is 0 Å². The predicted molar refractivity (Wildman–Crippen MR) is 44.0 cm³/mol. The Morgan fingerprint density at radius 1 is 1.42 bits per heavy atom. The molecule has 5 heteroatoms. The van der Waals surface area contributed by atoms with Crippen molar-refractivity contribution in [3.05, 3.63) is 6.33 Å². The molecule has 0 aliphatic carbocycles. The van der Waals surface area contributed by atoms with Crippen molar-refractivity contribution in [1.29, 1.82) is 0 Å². The highest BCUT2D eigenvalue weighted by molar-refractivity contribution is 5.27. The number of hydrogen-bond donors (Lipinski definition) is 0. The van der Waals surface area contributed by atoms with Gasteiger partial charge in [-0.3, -0.25) is 4.68 Å². The predicted octanol–water partition coefficient (Wildman–Crippen LogP) is -0.348. The number of morpholine rings is 1. The molecular formula is C7H12N4O. The van der Waals surface area contributed by atoms with Crippen LogP contribution in [0.4, 0.5) is 5.95 Å². The van der Waals surface area contributed by atoms with E-state index >= 15 is 0 Å². The molecule has 0 bridgehead atoms. The van der Waals surface area contributed by atoms with Crippen LogP contribution in [0, 0.1) is 0 Å². The highest BCUT2D eigenvalue weighted by atomic mass is 16.5. The summed E-state index contributed by atoms with van der Waals surface area (Å²) in [5.41, 5.74) is 0. The van der Waals surface area contributed by atoms with Crippen LogP contribution < -0.4 is 4.90 Å². The van der Waals surface area contributed by atoms with Gasteiger partial charge >= 0.3 is 0 Å². The van der Waals surface area contributed by atoms with Gasteiger partial charge in [-0.15, -0.1) is 5.10 Å². The van der Waals surface area contributed by atoms with Gasteiger partial charge in [0.15, 0.2) is 0 Å². The summed E-state index contributed by atoms with van der Waals surface area (Å²) in [6.45, 7) is 3.34. The third-order valence-corrected chi connectivity index (χ3v) is 1.88. The van der Waals surface area contributed by atoms with E-state index in [2.05, 4.69) is 15.0 Å². The van der Waals surface area contributed by atoms with Gasteiger partial charge in [-0.2, -0.15) is 0 Å². The van der Waals surface area contributed by atoms with E-state index in [4.69, 9.17) is 4.74 Å². The van der Waals surface area contributed by atoms with E-state index in [-0.39, 0.29) is 0 Å². The Morgan fingerprint density at radius 2 is 2.17 bits per heavy atom. The van der Waals surface area contributed by atoms with E-state index in [1.54, 1.807) is 11.0 Å². The summed E-state index contributed by atoms with van der Waals surface area (Å²) >= 11 is 0. The zero-order valence-corrected chi connectivity index (χ0v) is 7.10. The fraction of sp³-hybridized carbons (Fsp3) is 0.714. The number of ether oxygens (including phenoxy) is 1. The van der Waals surface area contributed by atoms with E-state index in [0.29, 0.717) is 0 Å². The second-order valence-electron chi connectivity index (χ2n) is 2.82. The first-order valence-corrected chi connectivity index (χ1v) is 4.04. The topological polar surface area (TPSA) is 43.2 Å². The number of hydrogen-bond acceptors (Lipinski definition) is 4. The molecule has 1 aromatic rings. The maximum Gasteiger partial charge on any atom is 0.244 e. The van der Waals surface area contributed by atoms with Crippen molar-refractivity contribution in [2.24, 2.45) is 7.05 Å². The monoisotopic (exact) mass is 168 g/mol. The van der Waals surface area contributed by atoms with Gasteiger partial charge in [0.25, 0.3) is 0 Å². The van der Waals surface area contributed by atoms with E-state index in [1.807, 2.05) is 7.05 Å². The minimum absolute atomic E-state index is 0.776. The molecule has 0 amide bonds. The molecule has 1 aliphatic heterocycles. The first kappa shape index (κ1) is 7.54. The van der Waals surface area contributed by atoms with E-state index in [1.165, 1.54) is 0 Å². The summed E-state index contributed by atoms with van der Waals surface area (Å²) in [5, 5.41) is 4.21. The number of aromatic nitrogens is 3. The molecule has 66 valence electrons. The fourth-order valence-corrected chi connectivity index (χ4v) is 1.24. The van der Waals surface area contributed by atoms with Crippen molar-refractivity contribution < 1.29 is 4.74 Å². The quantitative estimate of drug-likeness (QED) is 0.575. The SMILES string of the molecule is Cn1cnc(N2CCOCC2)n1. The van der Waals surface area contributed by atoms with Crippen molar-refractivity contribution in [3.8, 4) is 0 Å². The van der Waals surface area contributed by atoms with E-state index in [0.717, 1.165) is 32.3 Å². The molecule has 5 nitrogen and oxygen atoms in total. The minimum atomic E-state index is 0.776. The van der Waals surface area contributed by atoms with E-state index < -0.39 is 0 Å². The Bertz CT molecular complexity index is 254. The normalized spacial score (nSPS) is 18.2. The lowest BCUT2D eigenvalue weighted by atomic mass is 10.4. The fourth-order valence-electron chi connectivity index (χ4n) is 1.24. The van der Waals surface area contributed by atoms with Crippen LogP contribution in [0.3, 0.4) is 0 Å². The van der Waals surface area contributed by atoms with Crippen molar-refractivity contribution >= 4 is 5.95 Å². The molecule has 0 saturated carbocycles. The molecule has 0 N–H and O–H groups in total. The largest absolute Gasteiger partial charge is 0.378 e. The smallest absolute Gasteiger partial charge is 0.244 e. The van der Waals surface area contributed by atoms with Crippen molar-refractivity contribution in [1.82, 2.24) is 14.8 Å². The minimum Gasteiger partial charge on any atom is -0.378 e. The van der Waals surface area contributed by atoms with Gasteiger partial charge in [0.05, 0.1) is 13.2 Å². The van der Waals surface area contributed by atoms with Crippen LogP contribution in [0.2, 0.25) is 0 Å². The lowest BCUT2D eigenvalue weighted by molar-refractivity contribution is 0.122. The average molecular weight is 168 g/mol. The average Bonchev–Trinajstić information content (AvgIpc) is 2.54. The molecule has 2 heterocycles. The summed E-state index contributed by atoms with van der Waals surface area (Å²) in [6, 6.07) is 0. The number of rotatable bonds is 1.